The number of ether oxygens (including phenoxy) is 5. The second-order valence-electron chi connectivity index (χ2n) is 5.18. The Morgan fingerprint density at radius 3 is 1.79 bits per heavy atom. The Morgan fingerprint density at radius 2 is 1.33 bits per heavy atom. The van der Waals surface area contributed by atoms with Crippen molar-refractivity contribution in [3.05, 3.63) is 0 Å². The first-order valence-corrected chi connectivity index (χ1v) is 7.18. The molecule has 1 aliphatic rings. The summed E-state index contributed by atoms with van der Waals surface area (Å²) in [6.07, 6.45) is -4.58. The van der Waals surface area contributed by atoms with E-state index >= 15 is 0 Å². The maximum absolute atomic E-state index is 11.3. The minimum absolute atomic E-state index is 0.310. The van der Waals surface area contributed by atoms with Gasteiger partial charge >= 0.3 is 23.9 Å². The summed E-state index contributed by atoms with van der Waals surface area (Å²) >= 11 is 0. The lowest BCUT2D eigenvalue weighted by molar-refractivity contribution is -0.267. The van der Waals surface area contributed by atoms with Crippen LogP contribution in [-0.4, -0.2) is 61.1 Å². The number of esters is 4. The molecule has 0 aliphatic carbocycles. The molecule has 0 aromatic heterocycles. The molecule has 0 spiro atoms. The Labute approximate surface area is 138 Å². The minimum atomic E-state index is -1.26. The van der Waals surface area contributed by atoms with Crippen LogP contribution in [0.4, 0.5) is 0 Å². The number of carbonyl (C=O) groups excluding carboxylic acids is 4. The van der Waals surface area contributed by atoms with Crippen molar-refractivity contribution >= 4 is 23.9 Å². The molecule has 1 fully saturated rings. The molecule has 0 aromatic carbocycles. The Bertz CT molecular complexity index is 490. The third-order valence-corrected chi connectivity index (χ3v) is 3.03. The number of hydrogen-bond donors (Lipinski definition) is 1. The molecule has 1 aliphatic heterocycles. The van der Waals surface area contributed by atoms with E-state index in [1.54, 1.807) is 0 Å². The molecule has 10 heteroatoms. The van der Waals surface area contributed by atoms with Gasteiger partial charge in [0.15, 0.2) is 12.2 Å². The zero-order chi connectivity index (χ0) is 18.4. The van der Waals surface area contributed by atoms with Crippen molar-refractivity contribution in [1.82, 2.24) is 0 Å². The highest BCUT2D eigenvalue weighted by molar-refractivity contribution is 5.68. The Morgan fingerprint density at radius 1 is 0.833 bits per heavy atom. The van der Waals surface area contributed by atoms with Crippen LogP contribution in [-0.2, 0) is 42.9 Å². The molecule has 10 nitrogen and oxygen atoms in total. The second kappa shape index (κ2) is 8.60. The summed E-state index contributed by atoms with van der Waals surface area (Å²) in [5, 5.41) is 0. The van der Waals surface area contributed by atoms with Gasteiger partial charge in [0.05, 0.1) is 0 Å². The van der Waals surface area contributed by atoms with Crippen LogP contribution in [0, 0.1) is 0 Å². The number of rotatable bonds is 5. The highest BCUT2D eigenvalue weighted by Gasteiger charge is 2.50. The van der Waals surface area contributed by atoms with E-state index in [1.165, 1.54) is 6.92 Å². The molecule has 1 heterocycles. The summed E-state index contributed by atoms with van der Waals surface area (Å²) in [7, 11) is 0. The SMILES string of the molecule is CC(=O)OCC1OC(OC(C)=O)C(N)C(OC(C)=O)[C@H]1OC(C)=O. The Kier molecular flexibility index (Phi) is 7.11. The largest absolute Gasteiger partial charge is 0.463 e. The zero-order valence-corrected chi connectivity index (χ0v) is 13.8. The highest BCUT2D eigenvalue weighted by atomic mass is 16.7. The zero-order valence-electron chi connectivity index (χ0n) is 13.8. The van der Waals surface area contributed by atoms with Crippen molar-refractivity contribution in [2.75, 3.05) is 6.61 Å². The molecule has 1 saturated heterocycles. The van der Waals surface area contributed by atoms with Gasteiger partial charge in [0.25, 0.3) is 0 Å². The van der Waals surface area contributed by atoms with Crippen LogP contribution in [0.1, 0.15) is 27.7 Å². The molecular weight excluding hydrogens is 326 g/mol. The van der Waals surface area contributed by atoms with E-state index in [2.05, 4.69) is 0 Å². The normalized spacial score (nSPS) is 29.3. The molecule has 5 atom stereocenters. The quantitative estimate of drug-likeness (QED) is 0.487. The maximum atomic E-state index is 11.3. The van der Waals surface area contributed by atoms with Gasteiger partial charge in [-0.2, -0.15) is 0 Å². The summed E-state index contributed by atoms with van der Waals surface area (Å²) in [6.45, 7) is 4.32. The van der Waals surface area contributed by atoms with Gasteiger partial charge in [-0.05, 0) is 0 Å². The first-order valence-electron chi connectivity index (χ1n) is 7.18. The minimum Gasteiger partial charge on any atom is -0.463 e. The van der Waals surface area contributed by atoms with Gasteiger partial charge in [-0.25, -0.2) is 0 Å². The number of carbonyl (C=O) groups is 4. The predicted molar refractivity (Wildman–Crippen MR) is 76.1 cm³/mol. The first kappa shape index (κ1) is 19.8. The van der Waals surface area contributed by atoms with Gasteiger partial charge in [0.1, 0.15) is 18.8 Å². The van der Waals surface area contributed by atoms with Gasteiger partial charge in [-0.1, -0.05) is 0 Å². The summed E-state index contributed by atoms with van der Waals surface area (Å²) in [5.74, 6) is -2.62. The number of hydrogen-bond acceptors (Lipinski definition) is 10. The fraction of sp³-hybridized carbons (Fsp3) is 0.714. The summed E-state index contributed by atoms with van der Waals surface area (Å²) < 4.78 is 25.5. The summed E-state index contributed by atoms with van der Waals surface area (Å²) in [4.78, 5) is 44.9. The standard InChI is InChI=1S/C14H21NO9/c1-6(16)20-5-10-12(21-7(2)17)13(22-8(3)18)11(15)14(24-10)23-9(4)19/h10-14H,5,15H2,1-4H3/t10?,11?,12-,13?,14?/m0/s1. The molecule has 0 radical (unpaired) electrons. The van der Waals surface area contributed by atoms with Crippen LogP contribution in [0.2, 0.25) is 0 Å². The van der Waals surface area contributed by atoms with Crippen molar-refractivity contribution in [2.45, 2.75) is 58.3 Å². The predicted octanol–water partition coefficient (Wildman–Crippen LogP) is -0.972. The highest BCUT2D eigenvalue weighted by Crippen LogP contribution is 2.26. The lowest BCUT2D eigenvalue weighted by Crippen LogP contribution is -2.65. The van der Waals surface area contributed by atoms with E-state index in [0.29, 0.717) is 0 Å². The van der Waals surface area contributed by atoms with Gasteiger partial charge in [0, 0.05) is 27.7 Å². The number of nitrogens with two attached hydrogens (primary N) is 1. The van der Waals surface area contributed by atoms with Gasteiger partial charge in [-0.3, -0.25) is 19.2 Å². The van der Waals surface area contributed by atoms with Gasteiger partial charge in [-0.15, -0.1) is 0 Å². The first-order chi connectivity index (χ1) is 11.1. The Balaban J connectivity index is 3.08. The molecular formula is C14H21NO9. The molecule has 0 saturated carbocycles. The maximum Gasteiger partial charge on any atom is 0.304 e. The van der Waals surface area contributed by atoms with Crippen LogP contribution < -0.4 is 5.73 Å². The van der Waals surface area contributed by atoms with Gasteiger partial charge in [0.2, 0.25) is 6.29 Å². The van der Waals surface area contributed by atoms with Crippen molar-refractivity contribution in [3.63, 3.8) is 0 Å². The van der Waals surface area contributed by atoms with Crippen LogP contribution in [0.5, 0.6) is 0 Å². The fourth-order valence-corrected chi connectivity index (χ4v) is 2.20. The molecule has 136 valence electrons. The van der Waals surface area contributed by atoms with Crippen LogP contribution in [0.15, 0.2) is 0 Å². The van der Waals surface area contributed by atoms with Crippen molar-refractivity contribution in [3.8, 4) is 0 Å². The molecule has 24 heavy (non-hydrogen) atoms. The van der Waals surface area contributed by atoms with Gasteiger partial charge < -0.3 is 29.4 Å². The molecule has 0 aromatic rings. The topological polar surface area (TPSA) is 140 Å². The monoisotopic (exact) mass is 347 g/mol. The smallest absolute Gasteiger partial charge is 0.304 e. The fourth-order valence-electron chi connectivity index (χ4n) is 2.20. The molecule has 1 rings (SSSR count). The third-order valence-electron chi connectivity index (χ3n) is 3.03. The average Bonchev–Trinajstić information content (AvgIpc) is 2.42. The van der Waals surface area contributed by atoms with E-state index in [-0.39, 0.29) is 6.61 Å². The van der Waals surface area contributed by atoms with Crippen LogP contribution in [0.3, 0.4) is 0 Å². The summed E-state index contributed by atoms with van der Waals surface area (Å²) in [6, 6.07) is -1.10. The van der Waals surface area contributed by atoms with Crippen LogP contribution >= 0.6 is 0 Å². The van der Waals surface area contributed by atoms with Crippen molar-refractivity contribution in [2.24, 2.45) is 5.73 Å². The van der Waals surface area contributed by atoms with E-state index in [9.17, 15) is 19.2 Å². The van der Waals surface area contributed by atoms with E-state index in [4.69, 9.17) is 29.4 Å². The average molecular weight is 347 g/mol. The van der Waals surface area contributed by atoms with E-state index < -0.39 is 54.5 Å². The van der Waals surface area contributed by atoms with Crippen molar-refractivity contribution < 1.29 is 42.9 Å². The van der Waals surface area contributed by atoms with Crippen LogP contribution in [0.25, 0.3) is 0 Å². The van der Waals surface area contributed by atoms with E-state index in [0.717, 1.165) is 20.8 Å². The molecule has 2 N–H and O–H groups in total. The second-order valence-corrected chi connectivity index (χ2v) is 5.18. The Hall–Kier alpha value is -2.20. The van der Waals surface area contributed by atoms with E-state index in [1.807, 2.05) is 0 Å². The third kappa shape index (κ3) is 5.78. The molecule has 0 bridgehead atoms. The molecule has 4 unspecified atom stereocenters. The lowest BCUT2D eigenvalue weighted by Gasteiger charge is -2.42. The summed E-state index contributed by atoms with van der Waals surface area (Å²) in [5.41, 5.74) is 5.93. The lowest BCUT2D eigenvalue weighted by atomic mass is 9.97. The molecule has 0 amide bonds. The van der Waals surface area contributed by atoms with Crippen molar-refractivity contribution in [1.29, 1.82) is 0 Å².